The van der Waals surface area contributed by atoms with Crippen molar-refractivity contribution in [2.45, 2.75) is 30.3 Å². The summed E-state index contributed by atoms with van der Waals surface area (Å²) in [6, 6.07) is 22.2. The predicted octanol–water partition coefficient (Wildman–Crippen LogP) is 5.89. The number of benzene rings is 4. The van der Waals surface area contributed by atoms with Crippen molar-refractivity contribution in [3.8, 4) is 28.4 Å². The van der Waals surface area contributed by atoms with Gasteiger partial charge in [0.25, 0.3) is 0 Å². The van der Waals surface area contributed by atoms with E-state index in [4.69, 9.17) is 9.47 Å². The Morgan fingerprint density at radius 2 is 1.70 bits per heavy atom. The smallest absolute Gasteiger partial charge is 0.240 e. The quantitative estimate of drug-likeness (QED) is 0.283. The molecule has 0 spiro atoms. The van der Waals surface area contributed by atoms with Crippen molar-refractivity contribution in [1.29, 1.82) is 0 Å². The molecule has 2 aliphatic rings. The van der Waals surface area contributed by atoms with E-state index in [1.165, 1.54) is 26.3 Å². The predicted molar refractivity (Wildman–Crippen MR) is 159 cm³/mol. The van der Waals surface area contributed by atoms with Crippen LogP contribution in [0.4, 0.5) is 0 Å². The lowest BCUT2D eigenvalue weighted by atomic mass is 9.86. The van der Waals surface area contributed by atoms with Gasteiger partial charge in [-0.15, -0.1) is 12.4 Å². The molecule has 7 nitrogen and oxygen atoms in total. The summed E-state index contributed by atoms with van der Waals surface area (Å²) in [5.74, 6) is 1.50. The minimum atomic E-state index is -3.63. The number of hydrogen-bond acceptors (Lipinski definition) is 6. The Bertz CT molecular complexity index is 1620. The van der Waals surface area contributed by atoms with Crippen molar-refractivity contribution in [3.63, 3.8) is 0 Å². The summed E-state index contributed by atoms with van der Waals surface area (Å²) in [4.78, 5) is 2.60. The van der Waals surface area contributed by atoms with E-state index in [-0.39, 0.29) is 23.1 Å². The summed E-state index contributed by atoms with van der Waals surface area (Å²) >= 11 is 0. The molecule has 0 bridgehead atoms. The third-order valence-corrected chi connectivity index (χ3v) is 9.09. The molecule has 1 saturated heterocycles. The number of nitrogens with zero attached hydrogens (tertiary/aromatic N) is 1. The summed E-state index contributed by atoms with van der Waals surface area (Å²) in [5.41, 5.74) is 3.69. The lowest BCUT2D eigenvalue weighted by Crippen LogP contribution is -2.33. The van der Waals surface area contributed by atoms with Gasteiger partial charge in [-0.3, -0.25) is 4.90 Å². The van der Waals surface area contributed by atoms with E-state index in [1.54, 1.807) is 30.3 Å². The molecule has 2 aliphatic heterocycles. The van der Waals surface area contributed by atoms with Crippen LogP contribution in [0.1, 0.15) is 36.5 Å². The van der Waals surface area contributed by atoms with E-state index in [0.717, 1.165) is 58.4 Å². The van der Waals surface area contributed by atoms with Crippen LogP contribution in [0.3, 0.4) is 0 Å². The Balaban J connectivity index is 0.00000323. The van der Waals surface area contributed by atoms with Gasteiger partial charge in [0.1, 0.15) is 23.9 Å². The van der Waals surface area contributed by atoms with Gasteiger partial charge >= 0.3 is 0 Å². The van der Waals surface area contributed by atoms with Crippen molar-refractivity contribution in [3.05, 3.63) is 83.9 Å². The van der Waals surface area contributed by atoms with Crippen molar-refractivity contribution in [2.75, 3.05) is 33.3 Å². The molecule has 0 aliphatic carbocycles. The highest BCUT2D eigenvalue weighted by atomic mass is 35.5. The number of hydrogen-bond donors (Lipinski definition) is 2. The molecule has 0 amide bonds. The molecule has 210 valence electrons. The first-order valence-corrected chi connectivity index (χ1v) is 14.9. The molecule has 2 N–H and O–H groups in total. The van der Waals surface area contributed by atoms with E-state index in [9.17, 15) is 13.5 Å². The van der Waals surface area contributed by atoms with Crippen molar-refractivity contribution >= 4 is 33.2 Å². The highest BCUT2D eigenvalue weighted by Gasteiger charge is 2.30. The molecule has 4 aromatic rings. The first-order chi connectivity index (χ1) is 18.9. The van der Waals surface area contributed by atoms with E-state index in [2.05, 4.69) is 9.62 Å². The number of phenolic OH excluding ortho intramolecular Hbond substituents is 1. The van der Waals surface area contributed by atoms with Gasteiger partial charge in [-0.05, 0) is 91.3 Å². The first kappa shape index (κ1) is 28.2. The van der Waals surface area contributed by atoms with Crippen LogP contribution in [0.2, 0.25) is 0 Å². The second-order valence-electron chi connectivity index (χ2n) is 10.1. The molecule has 0 saturated carbocycles. The van der Waals surface area contributed by atoms with Crippen LogP contribution in [0, 0.1) is 0 Å². The van der Waals surface area contributed by atoms with Crippen molar-refractivity contribution in [2.24, 2.45) is 0 Å². The third kappa shape index (κ3) is 5.49. The molecule has 9 heteroatoms. The lowest BCUT2D eigenvalue weighted by molar-refractivity contribution is 0.183. The fourth-order valence-electron chi connectivity index (χ4n) is 5.60. The van der Waals surface area contributed by atoms with Crippen LogP contribution in [0.15, 0.2) is 77.7 Å². The highest BCUT2D eigenvalue weighted by Crippen LogP contribution is 2.48. The second kappa shape index (κ2) is 11.7. The van der Waals surface area contributed by atoms with Crippen LogP contribution in [-0.2, 0) is 10.0 Å². The van der Waals surface area contributed by atoms with Crippen LogP contribution in [0.25, 0.3) is 21.9 Å². The van der Waals surface area contributed by atoms with Crippen LogP contribution < -0.4 is 14.2 Å². The Kier molecular flexibility index (Phi) is 8.24. The standard InChI is InChI=1S/C31H32N2O5S.ClH/c1-32-39(35,36)25-11-14-27-28-12-7-22-19-23(34)8-13-26(22)30(28)31(38-29(27)20-25)21-5-9-24(10-6-21)37-18-17-33-15-3-2-4-16-33;/h5-14,19-20,31-32,34H,2-4,15-18H2,1H3;1H. The van der Waals surface area contributed by atoms with Crippen molar-refractivity contribution in [1.82, 2.24) is 9.62 Å². The highest BCUT2D eigenvalue weighted by molar-refractivity contribution is 7.89. The summed E-state index contributed by atoms with van der Waals surface area (Å²) in [6.45, 7) is 3.86. The number of sulfonamides is 1. The minimum Gasteiger partial charge on any atom is -0.508 e. The second-order valence-corrected chi connectivity index (χ2v) is 12.0. The zero-order valence-electron chi connectivity index (χ0n) is 22.3. The van der Waals surface area contributed by atoms with Gasteiger partial charge in [0.15, 0.2) is 6.10 Å². The number of piperidine rings is 1. The topological polar surface area (TPSA) is 88.1 Å². The molecular formula is C31H33ClN2O5S. The van der Waals surface area contributed by atoms with E-state index < -0.39 is 16.1 Å². The maximum atomic E-state index is 12.5. The summed E-state index contributed by atoms with van der Waals surface area (Å²) in [5, 5.41) is 11.9. The molecular weight excluding hydrogens is 548 g/mol. The number of likely N-dealkylation sites (tertiary alicyclic amines) is 1. The van der Waals surface area contributed by atoms with E-state index >= 15 is 0 Å². The van der Waals surface area contributed by atoms with Gasteiger partial charge in [-0.1, -0.05) is 36.8 Å². The maximum Gasteiger partial charge on any atom is 0.240 e. The molecule has 0 aromatic heterocycles. The number of aromatic hydroxyl groups is 1. The zero-order valence-corrected chi connectivity index (χ0v) is 23.9. The maximum absolute atomic E-state index is 12.5. The number of ether oxygens (including phenoxy) is 2. The summed E-state index contributed by atoms with van der Waals surface area (Å²) in [7, 11) is -2.24. The van der Waals surface area contributed by atoms with Gasteiger partial charge in [0.05, 0.1) is 4.90 Å². The average Bonchev–Trinajstić information content (AvgIpc) is 2.97. The molecule has 1 unspecified atom stereocenters. The normalized spacial score (nSPS) is 16.9. The Hall–Kier alpha value is -3.30. The number of fused-ring (bicyclic) bond motifs is 5. The molecule has 6 rings (SSSR count). The number of halogens is 1. The van der Waals surface area contributed by atoms with Gasteiger partial charge in [-0.2, -0.15) is 0 Å². The Labute approximate surface area is 241 Å². The van der Waals surface area contributed by atoms with Crippen LogP contribution in [0.5, 0.6) is 17.2 Å². The fourth-order valence-corrected chi connectivity index (χ4v) is 6.35. The van der Waals surface area contributed by atoms with Crippen LogP contribution in [-0.4, -0.2) is 51.7 Å². The zero-order chi connectivity index (χ0) is 27.0. The number of phenols is 1. The van der Waals surface area contributed by atoms with Gasteiger partial charge in [0.2, 0.25) is 10.0 Å². The molecule has 1 atom stereocenters. The fraction of sp³-hybridized carbons (Fsp3) is 0.290. The third-order valence-electron chi connectivity index (χ3n) is 7.68. The molecule has 2 heterocycles. The van der Waals surface area contributed by atoms with Gasteiger partial charge in [0, 0.05) is 23.7 Å². The average molecular weight is 581 g/mol. The first-order valence-electron chi connectivity index (χ1n) is 13.4. The molecule has 40 heavy (non-hydrogen) atoms. The van der Waals surface area contributed by atoms with Gasteiger partial charge < -0.3 is 14.6 Å². The number of nitrogens with one attached hydrogen (secondary N) is 1. The Morgan fingerprint density at radius 1 is 0.950 bits per heavy atom. The summed E-state index contributed by atoms with van der Waals surface area (Å²) in [6.07, 6.45) is 3.36. The molecule has 1 fully saturated rings. The largest absolute Gasteiger partial charge is 0.508 e. The van der Waals surface area contributed by atoms with E-state index in [1.807, 2.05) is 42.5 Å². The lowest BCUT2D eigenvalue weighted by Gasteiger charge is -2.31. The number of rotatable bonds is 7. The molecule has 4 aromatic carbocycles. The van der Waals surface area contributed by atoms with Gasteiger partial charge in [-0.25, -0.2) is 13.1 Å². The van der Waals surface area contributed by atoms with E-state index in [0.29, 0.717) is 12.4 Å². The van der Waals surface area contributed by atoms with Crippen LogP contribution >= 0.6 is 12.4 Å². The molecule has 0 radical (unpaired) electrons. The minimum absolute atomic E-state index is 0. The Morgan fingerprint density at radius 3 is 2.45 bits per heavy atom. The monoisotopic (exact) mass is 580 g/mol. The SMILES string of the molecule is CNS(=O)(=O)c1ccc2c(c1)OC(c1ccc(OCCN3CCCCC3)cc1)c1c-2ccc2cc(O)ccc12.Cl. The summed E-state index contributed by atoms with van der Waals surface area (Å²) < 4.78 is 40.0. The van der Waals surface area contributed by atoms with Crippen molar-refractivity contribution < 1.29 is 23.0 Å².